The lowest BCUT2D eigenvalue weighted by molar-refractivity contribution is -0.384. The van der Waals surface area contributed by atoms with Gasteiger partial charge in [0, 0.05) is 24.8 Å². The quantitative estimate of drug-likeness (QED) is 0.352. The first-order valence-corrected chi connectivity index (χ1v) is 9.17. The molecule has 0 aliphatic heterocycles. The molecule has 0 radical (unpaired) electrons. The van der Waals surface area contributed by atoms with E-state index in [9.17, 15) is 19.7 Å². The zero-order chi connectivity index (χ0) is 21.3. The Morgan fingerprint density at radius 1 is 0.900 bits per heavy atom. The van der Waals surface area contributed by atoms with Crippen LogP contribution in [0, 0.1) is 10.1 Å². The number of hydrogen-bond donors (Lipinski definition) is 2. The number of rotatable bonds is 7. The number of carbonyl (C=O) groups excluding carboxylic acids is 2. The molecule has 0 bridgehead atoms. The fraction of sp³-hybridized carbons (Fsp3) is 0.0435. The van der Waals surface area contributed by atoms with Gasteiger partial charge < -0.3 is 10.6 Å². The molecular formula is C23H19N3O4. The third-order valence-electron chi connectivity index (χ3n) is 4.26. The molecule has 0 atom stereocenters. The Labute approximate surface area is 173 Å². The van der Waals surface area contributed by atoms with Crippen LogP contribution in [0.5, 0.6) is 0 Å². The number of nitro groups is 1. The average molecular weight is 401 g/mol. The molecule has 0 fully saturated rings. The maximum absolute atomic E-state index is 12.6. The molecule has 3 aromatic carbocycles. The van der Waals surface area contributed by atoms with Crippen LogP contribution < -0.4 is 10.6 Å². The third-order valence-corrected chi connectivity index (χ3v) is 4.26. The Bertz CT molecular complexity index is 1080. The number of amides is 2. The van der Waals surface area contributed by atoms with E-state index < -0.39 is 10.8 Å². The number of benzene rings is 3. The minimum atomic E-state index is -0.486. The van der Waals surface area contributed by atoms with E-state index in [1.165, 1.54) is 24.3 Å². The van der Waals surface area contributed by atoms with Crippen molar-refractivity contribution in [1.82, 2.24) is 5.32 Å². The van der Waals surface area contributed by atoms with Gasteiger partial charge in [-0.3, -0.25) is 19.7 Å². The van der Waals surface area contributed by atoms with Gasteiger partial charge in [0.15, 0.2) is 0 Å². The Hall–Kier alpha value is -4.26. The summed E-state index contributed by atoms with van der Waals surface area (Å²) in [5.74, 6) is -0.717. The zero-order valence-corrected chi connectivity index (χ0v) is 15.9. The smallest absolute Gasteiger partial charge is 0.269 e. The molecule has 0 unspecified atom stereocenters. The standard InChI is InChI=1S/C23H19N3O4/c27-22(15-12-17-10-13-19(14-11-17)26(29)30)25-21-9-5-4-8-20(21)23(28)24-16-18-6-2-1-3-7-18/h1-15H,16H2,(H,24,28)(H,25,27)/b15-12+. The van der Waals surface area contributed by atoms with Crippen molar-refractivity contribution >= 4 is 29.3 Å². The van der Waals surface area contributed by atoms with Gasteiger partial charge in [-0.2, -0.15) is 0 Å². The summed E-state index contributed by atoms with van der Waals surface area (Å²) in [7, 11) is 0. The summed E-state index contributed by atoms with van der Waals surface area (Å²) in [6, 6.07) is 22.1. The second-order valence-electron chi connectivity index (χ2n) is 6.39. The Balaban J connectivity index is 1.64. The lowest BCUT2D eigenvalue weighted by Crippen LogP contribution is -2.24. The number of carbonyl (C=O) groups is 2. The number of non-ortho nitro benzene ring substituents is 1. The molecular weight excluding hydrogens is 382 g/mol. The number of para-hydroxylation sites is 1. The first kappa shape index (κ1) is 20.5. The fourth-order valence-corrected chi connectivity index (χ4v) is 2.72. The molecule has 0 aromatic heterocycles. The van der Waals surface area contributed by atoms with Crippen LogP contribution in [0.2, 0.25) is 0 Å². The zero-order valence-electron chi connectivity index (χ0n) is 15.9. The highest BCUT2D eigenvalue weighted by atomic mass is 16.6. The molecule has 0 spiro atoms. The molecule has 0 aliphatic rings. The van der Waals surface area contributed by atoms with Crippen molar-refractivity contribution in [2.45, 2.75) is 6.54 Å². The van der Waals surface area contributed by atoms with Crippen molar-refractivity contribution in [3.05, 3.63) is 112 Å². The molecule has 0 saturated carbocycles. The summed E-state index contributed by atoms with van der Waals surface area (Å²) < 4.78 is 0. The maximum atomic E-state index is 12.6. The molecule has 7 nitrogen and oxygen atoms in total. The van der Waals surface area contributed by atoms with Gasteiger partial charge in [-0.05, 0) is 41.5 Å². The fourth-order valence-electron chi connectivity index (χ4n) is 2.72. The van der Waals surface area contributed by atoms with Gasteiger partial charge in [-0.1, -0.05) is 42.5 Å². The van der Waals surface area contributed by atoms with E-state index >= 15 is 0 Å². The number of hydrogen-bond acceptors (Lipinski definition) is 4. The van der Waals surface area contributed by atoms with Gasteiger partial charge in [0.1, 0.15) is 0 Å². The SMILES string of the molecule is O=C(/C=C/c1ccc([N+](=O)[O-])cc1)Nc1ccccc1C(=O)NCc1ccccc1. The van der Waals surface area contributed by atoms with Crippen LogP contribution in [0.25, 0.3) is 6.08 Å². The number of nitrogens with one attached hydrogen (secondary N) is 2. The highest BCUT2D eigenvalue weighted by Crippen LogP contribution is 2.16. The molecule has 0 aliphatic carbocycles. The Morgan fingerprint density at radius 3 is 2.27 bits per heavy atom. The van der Waals surface area contributed by atoms with Crippen molar-refractivity contribution in [1.29, 1.82) is 0 Å². The van der Waals surface area contributed by atoms with E-state index in [-0.39, 0.29) is 11.6 Å². The molecule has 3 rings (SSSR count). The third kappa shape index (κ3) is 5.62. The lowest BCUT2D eigenvalue weighted by atomic mass is 10.1. The largest absolute Gasteiger partial charge is 0.348 e. The van der Waals surface area contributed by atoms with Crippen LogP contribution in [-0.4, -0.2) is 16.7 Å². The first-order chi connectivity index (χ1) is 14.5. The number of anilines is 1. The van der Waals surface area contributed by atoms with E-state index in [4.69, 9.17) is 0 Å². The second-order valence-corrected chi connectivity index (χ2v) is 6.39. The van der Waals surface area contributed by atoms with Crippen LogP contribution in [-0.2, 0) is 11.3 Å². The highest BCUT2D eigenvalue weighted by molar-refractivity contribution is 6.07. The molecule has 30 heavy (non-hydrogen) atoms. The Kier molecular flexibility index (Phi) is 6.68. The number of nitrogens with zero attached hydrogens (tertiary/aromatic N) is 1. The van der Waals surface area contributed by atoms with Gasteiger partial charge in [-0.25, -0.2) is 0 Å². The second kappa shape index (κ2) is 9.79. The molecule has 7 heteroatoms. The Morgan fingerprint density at radius 2 is 1.57 bits per heavy atom. The van der Waals surface area contributed by atoms with Gasteiger partial charge >= 0.3 is 0 Å². The molecule has 3 aromatic rings. The molecule has 2 N–H and O–H groups in total. The van der Waals surface area contributed by atoms with Crippen molar-refractivity contribution in [2.75, 3.05) is 5.32 Å². The van der Waals surface area contributed by atoms with Crippen LogP contribution in [0.1, 0.15) is 21.5 Å². The van der Waals surface area contributed by atoms with Crippen molar-refractivity contribution < 1.29 is 14.5 Å². The first-order valence-electron chi connectivity index (χ1n) is 9.17. The lowest BCUT2D eigenvalue weighted by Gasteiger charge is -2.10. The van der Waals surface area contributed by atoms with E-state index in [1.807, 2.05) is 30.3 Å². The predicted molar refractivity (Wildman–Crippen MR) is 115 cm³/mol. The van der Waals surface area contributed by atoms with Crippen LogP contribution in [0.15, 0.2) is 84.9 Å². The van der Waals surface area contributed by atoms with Gasteiger partial charge in [0.25, 0.3) is 11.6 Å². The normalized spacial score (nSPS) is 10.5. The summed E-state index contributed by atoms with van der Waals surface area (Å²) in [6.07, 6.45) is 2.84. The van der Waals surface area contributed by atoms with Crippen molar-refractivity contribution in [3.8, 4) is 0 Å². The summed E-state index contributed by atoms with van der Waals surface area (Å²) in [6.45, 7) is 0.377. The maximum Gasteiger partial charge on any atom is 0.269 e. The van der Waals surface area contributed by atoms with Crippen LogP contribution in [0.4, 0.5) is 11.4 Å². The topological polar surface area (TPSA) is 101 Å². The minimum Gasteiger partial charge on any atom is -0.348 e. The predicted octanol–water partition coefficient (Wildman–Crippen LogP) is 4.18. The van der Waals surface area contributed by atoms with Crippen molar-refractivity contribution in [2.24, 2.45) is 0 Å². The molecule has 2 amide bonds. The average Bonchev–Trinajstić information content (AvgIpc) is 2.77. The van der Waals surface area contributed by atoms with Crippen molar-refractivity contribution in [3.63, 3.8) is 0 Å². The monoisotopic (exact) mass is 401 g/mol. The van der Waals surface area contributed by atoms with Gasteiger partial charge in [-0.15, -0.1) is 0 Å². The van der Waals surface area contributed by atoms with E-state index in [2.05, 4.69) is 10.6 Å². The van der Waals surface area contributed by atoms with E-state index in [0.29, 0.717) is 23.4 Å². The summed E-state index contributed by atoms with van der Waals surface area (Å²) >= 11 is 0. The molecule has 150 valence electrons. The van der Waals surface area contributed by atoms with E-state index in [0.717, 1.165) is 5.56 Å². The summed E-state index contributed by atoms with van der Waals surface area (Å²) in [5.41, 5.74) is 2.34. The summed E-state index contributed by atoms with van der Waals surface area (Å²) in [5, 5.41) is 16.2. The van der Waals surface area contributed by atoms with Crippen LogP contribution >= 0.6 is 0 Å². The number of nitro benzene ring substituents is 1. The molecule has 0 saturated heterocycles. The highest BCUT2D eigenvalue weighted by Gasteiger charge is 2.12. The van der Waals surface area contributed by atoms with Gasteiger partial charge in [0.2, 0.25) is 5.91 Å². The van der Waals surface area contributed by atoms with E-state index in [1.54, 1.807) is 36.4 Å². The van der Waals surface area contributed by atoms with Gasteiger partial charge in [0.05, 0.1) is 16.2 Å². The summed E-state index contributed by atoms with van der Waals surface area (Å²) in [4.78, 5) is 35.0. The van der Waals surface area contributed by atoms with Crippen LogP contribution in [0.3, 0.4) is 0 Å². The minimum absolute atomic E-state index is 0.0213. The molecule has 0 heterocycles.